The van der Waals surface area contributed by atoms with E-state index in [1.54, 1.807) is 7.11 Å². The summed E-state index contributed by atoms with van der Waals surface area (Å²) in [7, 11) is 1.65. The van der Waals surface area contributed by atoms with Gasteiger partial charge in [0.1, 0.15) is 0 Å². The lowest BCUT2D eigenvalue weighted by Gasteiger charge is -2.09. The van der Waals surface area contributed by atoms with Gasteiger partial charge in [0.05, 0.1) is 20.3 Å². The molecule has 0 unspecified atom stereocenters. The van der Waals surface area contributed by atoms with Crippen molar-refractivity contribution in [2.24, 2.45) is 5.90 Å². The SMILES string of the molecule is COc1cc(CCON)cc2c1OCC2. The molecule has 0 fully saturated rings. The maximum Gasteiger partial charge on any atom is 0.164 e. The molecule has 15 heavy (non-hydrogen) atoms. The maximum atomic E-state index is 5.50. The Kier molecular flexibility index (Phi) is 3.08. The van der Waals surface area contributed by atoms with Gasteiger partial charge < -0.3 is 14.3 Å². The Hall–Kier alpha value is -1.26. The molecule has 2 rings (SSSR count). The summed E-state index contributed by atoms with van der Waals surface area (Å²) in [5.41, 5.74) is 2.38. The van der Waals surface area contributed by atoms with Crippen LogP contribution < -0.4 is 15.4 Å². The molecule has 82 valence electrons. The number of ether oxygens (including phenoxy) is 2. The van der Waals surface area contributed by atoms with Crippen LogP contribution in [-0.2, 0) is 17.7 Å². The van der Waals surface area contributed by atoms with Crippen molar-refractivity contribution in [3.63, 3.8) is 0 Å². The fourth-order valence-corrected chi connectivity index (χ4v) is 1.81. The molecule has 1 heterocycles. The second kappa shape index (κ2) is 4.51. The smallest absolute Gasteiger partial charge is 0.164 e. The van der Waals surface area contributed by atoms with Crippen LogP contribution in [0.1, 0.15) is 11.1 Å². The molecule has 0 radical (unpaired) electrons. The molecule has 1 aromatic carbocycles. The van der Waals surface area contributed by atoms with Crippen LogP contribution in [0.5, 0.6) is 11.5 Å². The predicted octanol–water partition coefficient (Wildman–Crippen LogP) is 1.06. The molecule has 0 aliphatic carbocycles. The van der Waals surface area contributed by atoms with Gasteiger partial charge in [-0.15, -0.1) is 0 Å². The third-order valence-electron chi connectivity index (χ3n) is 2.54. The van der Waals surface area contributed by atoms with Crippen molar-refractivity contribution < 1.29 is 14.3 Å². The molecule has 0 amide bonds. The number of benzene rings is 1. The minimum atomic E-state index is 0.517. The van der Waals surface area contributed by atoms with Gasteiger partial charge in [-0.25, -0.2) is 5.90 Å². The van der Waals surface area contributed by atoms with Gasteiger partial charge in [-0.3, -0.25) is 0 Å². The molecular formula is C11H15NO3. The van der Waals surface area contributed by atoms with E-state index in [9.17, 15) is 0 Å². The zero-order valence-electron chi connectivity index (χ0n) is 8.79. The molecule has 0 spiro atoms. The standard InChI is InChI=1S/C11H15NO3/c1-13-10-7-8(2-5-15-12)6-9-3-4-14-11(9)10/h6-7H,2-5,12H2,1H3. The van der Waals surface area contributed by atoms with Crippen molar-refractivity contribution in [3.05, 3.63) is 23.3 Å². The highest BCUT2D eigenvalue weighted by molar-refractivity contribution is 5.51. The van der Waals surface area contributed by atoms with Gasteiger partial charge >= 0.3 is 0 Å². The van der Waals surface area contributed by atoms with Gasteiger partial charge in [0, 0.05) is 12.0 Å². The molecule has 1 aromatic rings. The Labute approximate surface area is 88.9 Å². The van der Waals surface area contributed by atoms with Crippen molar-refractivity contribution in [3.8, 4) is 11.5 Å². The molecule has 1 aliphatic heterocycles. The lowest BCUT2D eigenvalue weighted by atomic mass is 10.1. The van der Waals surface area contributed by atoms with Gasteiger partial charge in [0.25, 0.3) is 0 Å². The Morgan fingerprint density at radius 2 is 2.33 bits per heavy atom. The van der Waals surface area contributed by atoms with Gasteiger partial charge in [-0.05, 0) is 18.1 Å². The van der Waals surface area contributed by atoms with Crippen molar-refractivity contribution >= 4 is 0 Å². The van der Waals surface area contributed by atoms with E-state index in [-0.39, 0.29) is 0 Å². The maximum absolute atomic E-state index is 5.50. The third-order valence-corrected chi connectivity index (χ3v) is 2.54. The Morgan fingerprint density at radius 1 is 1.47 bits per heavy atom. The lowest BCUT2D eigenvalue weighted by molar-refractivity contribution is 0.141. The fraction of sp³-hybridized carbons (Fsp3) is 0.455. The normalized spacial score (nSPS) is 13.5. The Bertz CT molecular complexity index is 352. The van der Waals surface area contributed by atoms with Crippen LogP contribution in [0.4, 0.5) is 0 Å². The molecular weight excluding hydrogens is 194 g/mol. The van der Waals surface area contributed by atoms with Crippen molar-refractivity contribution in [1.82, 2.24) is 0 Å². The second-order valence-electron chi connectivity index (χ2n) is 3.51. The molecule has 4 heteroatoms. The minimum absolute atomic E-state index is 0.517. The summed E-state index contributed by atoms with van der Waals surface area (Å²) in [6.07, 6.45) is 1.74. The zero-order chi connectivity index (χ0) is 10.7. The summed E-state index contributed by atoms with van der Waals surface area (Å²) >= 11 is 0. The molecule has 0 saturated heterocycles. The van der Waals surface area contributed by atoms with E-state index in [2.05, 4.69) is 10.9 Å². The molecule has 4 nitrogen and oxygen atoms in total. The highest BCUT2D eigenvalue weighted by Crippen LogP contribution is 2.36. The number of hydrogen-bond donors (Lipinski definition) is 1. The largest absolute Gasteiger partial charge is 0.493 e. The average molecular weight is 209 g/mol. The quantitative estimate of drug-likeness (QED) is 0.753. The van der Waals surface area contributed by atoms with Crippen LogP contribution in [0.15, 0.2) is 12.1 Å². The molecule has 0 atom stereocenters. The molecule has 0 saturated carbocycles. The van der Waals surface area contributed by atoms with Crippen LogP contribution in [0.25, 0.3) is 0 Å². The Balaban J connectivity index is 2.26. The first-order valence-corrected chi connectivity index (χ1v) is 4.99. The summed E-state index contributed by atoms with van der Waals surface area (Å²) in [6, 6.07) is 4.10. The number of fused-ring (bicyclic) bond motifs is 1. The van der Waals surface area contributed by atoms with E-state index < -0.39 is 0 Å². The molecule has 2 N–H and O–H groups in total. The average Bonchev–Trinajstić information content (AvgIpc) is 2.73. The number of nitrogens with two attached hydrogens (primary N) is 1. The molecule has 0 aromatic heterocycles. The molecule has 1 aliphatic rings. The second-order valence-corrected chi connectivity index (χ2v) is 3.51. The van der Waals surface area contributed by atoms with E-state index in [4.69, 9.17) is 15.4 Å². The summed E-state index contributed by atoms with van der Waals surface area (Å²) in [5.74, 6) is 6.69. The van der Waals surface area contributed by atoms with Gasteiger partial charge in [-0.2, -0.15) is 0 Å². The monoisotopic (exact) mass is 209 g/mol. The summed E-state index contributed by atoms with van der Waals surface area (Å²) in [4.78, 5) is 4.57. The first-order valence-electron chi connectivity index (χ1n) is 4.99. The number of hydrogen-bond acceptors (Lipinski definition) is 4. The van der Waals surface area contributed by atoms with E-state index in [0.717, 1.165) is 30.9 Å². The summed E-state index contributed by atoms with van der Waals surface area (Å²) in [6.45, 7) is 1.26. The van der Waals surface area contributed by atoms with E-state index in [1.165, 1.54) is 11.1 Å². The number of rotatable bonds is 4. The van der Waals surface area contributed by atoms with Gasteiger partial charge in [0.2, 0.25) is 0 Å². The van der Waals surface area contributed by atoms with E-state index in [0.29, 0.717) is 6.61 Å². The Morgan fingerprint density at radius 3 is 3.07 bits per heavy atom. The molecule has 0 bridgehead atoms. The van der Waals surface area contributed by atoms with Gasteiger partial charge in [-0.1, -0.05) is 6.07 Å². The first kappa shape index (κ1) is 10.3. The highest BCUT2D eigenvalue weighted by atomic mass is 16.6. The fourth-order valence-electron chi connectivity index (χ4n) is 1.81. The topological polar surface area (TPSA) is 53.7 Å². The van der Waals surface area contributed by atoms with Crippen molar-refractivity contribution in [1.29, 1.82) is 0 Å². The number of methoxy groups -OCH3 is 1. The van der Waals surface area contributed by atoms with Gasteiger partial charge in [0.15, 0.2) is 11.5 Å². The lowest BCUT2D eigenvalue weighted by Crippen LogP contribution is -2.04. The van der Waals surface area contributed by atoms with E-state index in [1.807, 2.05) is 6.07 Å². The highest BCUT2D eigenvalue weighted by Gasteiger charge is 2.18. The van der Waals surface area contributed by atoms with Crippen LogP contribution >= 0.6 is 0 Å². The van der Waals surface area contributed by atoms with Crippen molar-refractivity contribution in [2.45, 2.75) is 12.8 Å². The third kappa shape index (κ3) is 2.06. The summed E-state index contributed by atoms with van der Waals surface area (Å²) in [5, 5.41) is 0. The first-order chi connectivity index (χ1) is 7.35. The van der Waals surface area contributed by atoms with Crippen LogP contribution in [-0.4, -0.2) is 20.3 Å². The minimum Gasteiger partial charge on any atom is -0.493 e. The van der Waals surface area contributed by atoms with Crippen LogP contribution in [0.3, 0.4) is 0 Å². The summed E-state index contributed by atoms with van der Waals surface area (Å²) < 4.78 is 10.8. The predicted molar refractivity (Wildman–Crippen MR) is 56.0 cm³/mol. The van der Waals surface area contributed by atoms with Crippen LogP contribution in [0, 0.1) is 0 Å². The van der Waals surface area contributed by atoms with Crippen LogP contribution in [0.2, 0.25) is 0 Å². The van der Waals surface area contributed by atoms with Crippen molar-refractivity contribution in [2.75, 3.05) is 20.3 Å². The zero-order valence-corrected chi connectivity index (χ0v) is 8.79. The van der Waals surface area contributed by atoms with E-state index >= 15 is 0 Å².